The lowest BCUT2D eigenvalue weighted by Crippen LogP contribution is -2.26. The standard InChI is InChI=1S/C21H23FN6/c1-13-5-6-18-16(10-15(22)11-23-18)19-4-3-8-27(19)20-7-9-28-21(26-20)17(12-24-28)14(2)25-13/h7,9-13,19,25H,2-6,8H2,1H3/t13-,19+/m1/s1/i3D2,8D2. The monoisotopic (exact) mass is 382 g/mol. The molecule has 0 unspecified atom stereocenters. The van der Waals surface area contributed by atoms with Gasteiger partial charge in [-0.25, -0.2) is 13.9 Å². The molecule has 0 aromatic carbocycles. The molecule has 3 aromatic rings. The van der Waals surface area contributed by atoms with Crippen molar-refractivity contribution in [3.8, 4) is 0 Å². The minimum absolute atomic E-state index is 0.0265. The number of nitrogens with zero attached hydrogens (tertiary/aromatic N) is 5. The van der Waals surface area contributed by atoms with Gasteiger partial charge in [0, 0.05) is 35.6 Å². The van der Waals surface area contributed by atoms with E-state index in [4.69, 9.17) is 5.48 Å². The summed E-state index contributed by atoms with van der Waals surface area (Å²) in [7, 11) is 0. The van der Waals surface area contributed by atoms with Crippen molar-refractivity contribution in [3.63, 3.8) is 0 Å². The van der Waals surface area contributed by atoms with E-state index in [1.165, 1.54) is 11.0 Å². The molecule has 3 aromatic heterocycles. The van der Waals surface area contributed by atoms with Crippen molar-refractivity contribution in [2.45, 2.75) is 44.6 Å². The minimum Gasteiger partial charge on any atom is -0.382 e. The summed E-state index contributed by atoms with van der Waals surface area (Å²) in [5.41, 5.74) is 2.90. The lowest BCUT2D eigenvalue weighted by atomic mass is 9.98. The molecule has 1 saturated heterocycles. The molecule has 0 amide bonds. The molecule has 2 bridgehead atoms. The Morgan fingerprint density at radius 3 is 3.14 bits per heavy atom. The topological polar surface area (TPSA) is 58.4 Å². The second-order valence-corrected chi connectivity index (χ2v) is 7.24. The molecule has 1 fully saturated rings. The molecular formula is C21H23FN6. The molecule has 0 spiro atoms. The van der Waals surface area contributed by atoms with Gasteiger partial charge in [-0.15, -0.1) is 0 Å². The second-order valence-electron chi connectivity index (χ2n) is 7.24. The number of hydrogen-bond acceptors (Lipinski definition) is 5. The molecule has 2 atom stereocenters. The van der Waals surface area contributed by atoms with Crippen LogP contribution in [0.2, 0.25) is 0 Å². The fourth-order valence-corrected chi connectivity index (χ4v) is 3.85. The fourth-order valence-electron chi connectivity index (χ4n) is 3.85. The Bertz CT molecular complexity index is 1230. The molecule has 6 nitrogen and oxygen atoms in total. The Hall–Kier alpha value is -2.96. The first-order valence-electron chi connectivity index (χ1n) is 11.3. The second kappa shape index (κ2) is 6.58. The Morgan fingerprint density at radius 1 is 1.36 bits per heavy atom. The summed E-state index contributed by atoms with van der Waals surface area (Å²) in [5, 5.41) is 7.67. The van der Waals surface area contributed by atoms with Crippen molar-refractivity contribution in [1.82, 2.24) is 24.9 Å². The summed E-state index contributed by atoms with van der Waals surface area (Å²) in [6.45, 7) is 3.76. The van der Waals surface area contributed by atoms with Crippen molar-refractivity contribution < 1.29 is 9.87 Å². The highest BCUT2D eigenvalue weighted by Crippen LogP contribution is 2.37. The van der Waals surface area contributed by atoms with Crippen LogP contribution in [0, 0.1) is 5.82 Å². The van der Waals surface area contributed by atoms with Gasteiger partial charge in [0.25, 0.3) is 0 Å². The van der Waals surface area contributed by atoms with Crippen LogP contribution in [-0.2, 0) is 6.42 Å². The number of fused-ring (bicyclic) bond motifs is 5. The third-order valence-electron chi connectivity index (χ3n) is 5.30. The lowest BCUT2D eigenvalue weighted by Gasteiger charge is -2.27. The summed E-state index contributed by atoms with van der Waals surface area (Å²) in [6.07, 6.45) is 3.30. The number of aryl methyl sites for hydroxylation is 1. The number of pyridine rings is 1. The summed E-state index contributed by atoms with van der Waals surface area (Å²) in [5.74, 6) is -0.298. The fraction of sp³-hybridized carbons (Fsp3) is 0.381. The van der Waals surface area contributed by atoms with Gasteiger partial charge in [0.05, 0.1) is 24.0 Å². The van der Waals surface area contributed by atoms with Gasteiger partial charge in [-0.1, -0.05) is 6.58 Å². The van der Waals surface area contributed by atoms with Crippen molar-refractivity contribution in [2.24, 2.45) is 0 Å². The molecule has 144 valence electrons. The van der Waals surface area contributed by atoms with Crippen LogP contribution >= 0.6 is 0 Å². The van der Waals surface area contributed by atoms with Gasteiger partial charge in [-0.3, -0.25) is 4.98 Å². The minimum atomic E-state index is -2.38. The van der Waals surface area contributed by atoms with Gasteiger partial charge in [-0.05, 0) is 50.3 Å². The van der Waals surface area contributed by atoms with Crippen LogP contribution in [0.5, 0.6) is 0 Å². The maximum atomic E-state index is 14.3. The molecule has 2 aliphatic heterocycles. The van der Waals surface area contributed by atoms with Crippen LogP contribution in [0.15, 0.2) is 37.3 Å². The molecule has 2 aliphatic rings. The van der Waals surface area contributed by atoms with Gasteiger partial charge < -0.3 is 10.2 Å². The average Bonchev–Trinajstić information content (AvgIpc) is 3.22. The highest BCUT2D eigenvalue weighted by Gasteiger charge is 2.30. The van der Waals surface area contributed by atoms with Crippen LogP contribution in [0.3, 0.4) is 0 Å². The van der Waals surface area contributed by atoms with Crippen molar-refractivity contribution in [2.75, 3.05) is 11.4 Å². The first-order chi connectivity index (χ1) is 15.1. The molecule has 28 heavy (non-hydrogen) atoms. The number of anilines is 1. The van der Waals surface area contributed by atoms with Crippen LogP contribution in [0.1, 0.15) is 54.5 Å². The quantitative estimate of drug-likeness (QED) is 0.645. The van der Waals surface area contributed by atoms with E-state index in [1.54, 1.807) is 23.0 Å². The van der Waals surface area contributed by atoms with E-state index in [9.17, 15) is 4.39 Å². The predicted molar refractivity (Wildman–Crippen MR) is 106 cm³/mol. The maximum absolute atomic E-state index is 14.3. The van der Waals surface area contributed by atoms with Crippen LogP contribution in [0.4, 0.5) is 10.2 Å². The number of rotatable bonds is 0. The van der Waals surface area contributed by atoms with E-state index in [0.717, 1.165) is 6.20 Å². The molecule has 1 N–H and O–H groups in total. The van der Waals surface area contributed by atoms with Gasteiger partial charge in [0.2, 0.25) is 0 Å². The molecule has 0 saturated carbocycles. The summed E-state index contributed by atoms with van der Waals surface area (Å²) < 4.78 is 50.0. The van der Waals surface area contributed by atoms with E-state index in [2.05, 4.69) is 27.0 Å². The molecule has 0 radical (unpaired) electrons. The van der Waals surface area contributed by atoms with E-state index in [-0.39, 0.29) is 18.3 Å². The predicted octanol–water partition coefficient (Wildman–Crippen LogP) is 3.50. The summed E-state index contributed by atoms with van der Waals surface area (Å²) >= 11 is 0. The largest absolute Gasteiger partial charge is 0.382 e. The van der Waals surface area contributed by atoms with Gasteiger partial charge in [0.15, 0.2) is 5.65 Å². The van der Waals surface area contributed by atoms with Gasteiger partial charge in [-0.2, -0.15) is 5.10 Å². The van der Waals surface area contributed by atoms with E-state index in [1.807, 2.05) is 6.92 Å². The van der Waals surface area contributed by atoms with E-state index in [0.29, 0.717) is 41.0 Å². The van der Waals surface area contributed by atoms with Crippen LogP contribution in [0.25, 0.3) is 11.3 Å². The van der Waals surface area contributed by atoms with Gasteiger partial charge >= 0.3 is 0 Å². The van der Waals surface area contributed by atoms with E-state index >= 15 is 0 Å². The molecule has 5 rings (SSSR count). The maximum Gasteiger partial charge on any atom is 0.166 e. The number of nitrogens with one attached hydrogen (secondary N) is 1. The normalized spacial score (nSPS) is 27.9. The summed E-state index contributed by atoms with van der Waals surface area (Å²) in [6, 6.07) is 2.20. The third kappa shape index (κ3) is 2.82. The van der Waals surface area contributed by atoms with Crippen molar-refractivity contribution in [1.29, 1.82) is 0 Å². The number of hydrogen-bond donors (Lipinski definition) is 1. The van der Waals surface area contributed by atoms with Crippen LogP contribution < -0.4 is 10.2 Å². The smallest absolute Gasteiger partial charge is 0.166 e. The Morgan fingerprint density at radius 2 is 2.25 bits per heavy atom. The van der Waals surface area contributed by atoms with E-state index < -0.39 is 24.7 Å². The summed E-state index contributed by atoms with van der Waals surface area (Å²) in [4.78, 5) is 10.3. The van der Waals surface area contributed by atoms with Crippen molar-refractivity contribution in [3.05, 3.63) is 59.9 Å². The lowest BCUT2D eigenvalue weighted by molar-refractivity contribution is 0.575. The number of halogens is 1. The van der Waals surface area contributed by atoms with Gasteiger partial charge in [0.1, 0.15) is 11.6 Å². The molecule has 7 heteroatoms. The Kier molecular flexibility index (Phi) is 3.12. The zero-order chi connectivity index (χ0) is 22.8. The number of aromatic nitrogens is 4. The Balaban J connectivity index is 1.78. The highest BCUT2D eigenvalue weighted by atomic mass is 19.1. The van der Waals surface area contributed by atoms with Crippen molar-refractivity contribution >= 4 is 17.2 Å². The zero-order valence-electron chi connectivity index (χ0n) is 19.5. The Labute approximate surface area is 168 Å². The molecular weight excluding hydrogens is 355 g/mol. The SMILES string of the molecule is [2H]C1([2H])C[C@H]2c3cc(F)cnc3CC[C@@H](C)NC(=C)c3cnn4ccc(nc34)N2C1([2H])[2H]. The molecule has 5 heterocycles. The first kappa shape index (κ1) is 13.3. The van der Waals surface area contributed by atoms with Crippen LogP contribution in [-0.4, -0.2) is 32.1 Å². The first-order valence-corrected chi connectivity index (χ1v) is 9.32. The highest BCUT2D eigenvalue weighted by molar-refractivity contribution is 5.74. The molecule has 0 aliphatic carbocycles. The average molecular weight is 382 g/mol. The third-order valence-corrected chi connectivity index (χ3v) is 5.30. The zero-order valence-corrected chi connectivity index (χ0v) is 15.5.